The highest BCUT2D eigenvalue weighted by molar-refractivity contribution is 9.10. The van der Waals surface area contributed by atoms with Crippen LogP contribution in [0.1, 0.15) is 19.4 Å². The molecule has 0 aliphatic rings. The van der Waals surface area contributed by atoms with Gasteiger partial charge in [-0.3, -0.25) is 4.79 Å². The fourth-order valence-corrected chi connectivity index (χ4v) is 1.35. The molecule has 1 N–H and O–H groups in total. The third-order valence-electron chi connectivity index (χ3n) is 1.91. The van der Waals surface area contributed by atoms with Crippen LogP contribution in [0, 0.1) is 6.92 Å². The van der Waals surface area contributed by atoms with Crippen molar-refractivity contribution in [3.63, 3.8) is 0 Å². The summed E-state index contributed by atoms with van der Waals surface area (Å²) in [5.74, 6) is -0.645. The molecule has 0 aromatic heterocycles. The average Bonchev–Trinajstić information content (AvgIpc) is 2.09. The van der Waals surface area contributed by atoms with E-state index in [2.05, 4.69) is 21.2 Å². The molecule has 0 aliphatic carbocycles. The smallest absolute Gasteiger partial charge is 0.261 e. The number of rotatable bonds is 2. The highest BCUT2D eigenvalue weighted by Crippen LogP contribution is 2.24. The van der Waals surface area contributed by atoms with Crippen molar-refractivity contribution in [3.8, 4) is 0 Å². The predicted octanol–water partition coefficient (Wildman–Crippen LogP) is 3.44. The zero-order valence-corrected chi connectivity index (χ0v) is 10.5. The molecule has 0 spiro atoms. The Labute approximate surface area is 97.0 Å². The third kappa shape index (κ3) is 3.30. The Bertz CT molecular complexity index is 385. The van der Waals surface area contributed by atoms with Gasteiger partial charge in [0.1, 0.15) is 0 Å². The van der Waals surface area contributed by atoms with Gasteiger partial charge in [-0.1, -0.05) is 6.07 Å². The first-order valence-corrected chi connectivity index (χ1v) is 5.36. The molecule has 0 saturated carbocycles. The topological polar surface area (TPSA) is 29.1 Å². The van der Waals surface area contributed by atoms with Gasteiger partial charge in [0, 0.05) is 4.47 Å². The molecule has 0 saturated heterocycles. The number of nitrogens with one attached hydrogen (secondary N) is 1. The van der Waals surface area contributed by atoms with Gasteiger partial charge >= 0.3 is 0 Å². The molecule has 1 amide bonds. The van der Waals surface area contributed by atoms with Gasteiger partial charge in [0.15, 0.2) is 5.67 Å². The Morgan fingerprint density at radius 1 is 1.47 bits per heavy atom. The minimum Gasteiger partial charge on any atom is -0.322 e. The van der Waals surface area contributed by atoms with Gasteiger partial charge in [-0.05, 0) is 54.4 Å². The number of aryl methyl sites for hydroxylation is 1. The van der Waals surface area contributed by atoms with Crippen molar-refractivity contribution in [2.24, 2.45) is 0 Å². The standard InChI is InChI=1S/C11H13BrFNO/c1-7-4-5-8(12)9(6-7)14-10(15)11(2,3)13/h4-6H,1-3H3,(H,14,15). The van der Waals surface area contributed by atoms with Crippen LogP contribution in [0.4, 0.5) is 10.1 Å². The van der Waals surface area contributed by atoms with E-state index in [4.69, 9.17) is 0 Å². The molecule has 82 valence electrons. The van der Waals surface area contributed by atoms with Crippen LogP contribution in [-0.4, -0.2) is 11.6 Å². The monoisotopic (exact) mass is 273 g/mol. The molecule has 1 rings (SSSR count). The molecular formula is C11H13BrFNO. The van der Waals surface area contributed by atoms with Crippen molar-refractivity contribution in [2.75, 3.05) is 5.32 Å². The van der Waals surface area contributed by atoms with Crippen LogP contribution < -0.4 is 5.32 Å². The van der Waals surface area contributed by atoms with Crippen LogP contribution in [0.15, 0.2) is 22.7 Å². The first kappa shape index (κ1) is 12.2. The van der Waals surface area contributed by atoms with E-state index < -0.39 is 11.6 Å². The van der Waals surface area contributed by atoms with E-state index in [1.165, 1.54) is 13.8 Å². The van der Waals surface area contributed by atoms with E-state index in [9.17, 15) is 9.18 Å². The Morgan fingerprint density at radius 2 is 2.07 bits per heavy atom. The van der Waals surface area contributed by atoms with Crippen molar-refractivity contribution in [1.29, 1.82) is 0 Å². The summed E-state index contributed by atoms with van der Waals surface area (Å²) in [5.41, 5.74) is -0.278. The summed E-state index contributed by atoms with van der Waals surface area (Å²) in [6.07, 6.45) is 0. The van der Waals surface area contributed by atoms with E-state index in [1.54, 1.807) is 6.07 Å². The molecule has 2 nitrogen and oxygen atoms in total. The maximum absolute atomic E-state index is 13.3. The lowest BCUT2D eigenvalue weighted by Crippen LogP contribution is -2.32. The fourth-order valence-electron chi connectivity index (χ4n) is 1.01. The van der Waals surface area contributed by atoms with E-state index >= 15 is 0 Å². The predicted molar refractivity (Wildman–Crippen MR) is 62.7 cm³/mol. The first-order valence-electron chi connectivity index (χ1n) is 4.57. The molecule has 0 radical (unpaired) electrons. The largest absolute Gasteiger partial charge is 0.322 e. The Hall–Kier alpha value is -0.900. The van der Waals surface area contributed by atoms with Gasteiger partial charge in [0.2, 0.25) is 0 Å². The summed E-state index contributed by atoms with van der Waals surface area (Å²) in [5, 5.41) is 2.53. The van der Waals surface area contributed by atoms with Crippen LogP contribution in [0.25, 0.3) is 0 Å². The first-order chi connectivity index (χ1) is 6.80. The second-order valence-corrected chi connectivity index (χ2v) is 4.76. The van der Waals surface area contributed by atoms with Gasteiger partial charge in [0.25, 0.3) is 5.91 Å². The number of hydrogen-bond acceptors (Lipinski definition) is 1. The van der Waals surface area contributed by atoms with Gasteiger partial charge in [-0.15, -0.1) is 0 Å². The maximum Gasteiger partial charge on any atom is 0.261 e. The number of hydrogen-bond donors (Lipinski definition) is 1. The second kappa shape index (κ2) is 4.31. The summed E-state index contributed by atoms with van der Waals surface area (Å²) in [7, 11) is 0. The molecule has 0 heterocycles. The molecule has 0 aliphatic heterocycles. The SMILES string of the molecule is Cc1ccc(Br)c(NC(=O)C(C)(C)F)c1. The molecule has 4 heteroatoms. The quantitative estimate of drug-likeness (QED) is 0.879. The molecule has 1 aromatic carbocycles. The van der Waals surface area contributed by atoms with Gasteiger partial charge in [-0.25, -0.2) is 4.39 Å². The van der Waals surface area contributed by atoms with Gasteiger partial charge in [0.05, 0.1) is 5.69 Å². The molecule has 0 fully saturated rings. The normalized spacial score (nSPS) is 11.3. The van der Waals surface area contributed by atoms with E-state index in [-0.39, 0.29) is 0 Å². The summed E-state index contributed by atoms with van der Waals surface area (Å²) < 4.78 is 14.0. The number of anilines is 1. The molecule has 15 heavy (non-hydrogen) atoms. The Balaban J connectivity index is 2.90. The number of carbonyl (C=O) groups is 1. The van der Waals surface area contributed by atoms with Gasteiger partial charge in [-0.2, -0.15) is 0 Å². The molecule has 0 bridgehead atoms. The van der Waals surface area contributed by atoms with Gasteiger partial charge < -0.3 is 5.32 Å². The summed E-state index contributed by atoms with van der Waals surface area (Å²) >= 11 is 3.29. The number of halogens is 2. The molecule has 0 unspecified atom stereocenters. The van der Waals surface area contributed by atoms with Crippen molar-refractivity contribution < 1.29 is 9.18 Å². The molecule has 1 aromatic rings. The average molecular weight is 274 g/mol. The van der Waals surface area contributed by atoms with Crippen molar-refractivity contribution >= 4 is 27.5 Å². The zero-order chi connectivity index (χ0) is 11.6. The minimum atomic E-state index is -1.87. The third-order valence-corrected chi connectivity index (χ3v) is 2.60. The molecular weight excluding hydrogens is 261 g/mol. The molecule has 0 atom stereocenters. The Kier molecular flexibility index (Phi) is 3.50. The van der Waals surface area contributed by atoms with Crippen LogP contribution in [0.2, 0.25) is 0 Å². The van der Waals surface area contributed by atoms with Crippen LogP contribution in [0.3, 0.4) is 0 Å². The number of carbonyl (C=O) groups excluding carboxylic acids is 1. The minimum absolute atomic E-state index is 0.589. The number of benzene rings is 1. The van der Waals surface area contributed by atoms with Crippen molar-refractivity contribution in [1.82, 2.24) is 0 Å². The lowest BCUT2D eigenvalue weighted by atomic mass is 10.1. The highest BCUT2D eigenvalue weighted by Gasteiger charge is 2.26. The summed E-state index contributed by atoms with van der Waals surface area (Å²) in [6, 6.07) is 5.50. The van der Waals surface area contributed by atoms with Crippen LogP contribution in [-0.2, 0) is 4.79 Å². The highest BCUT2D eigenvalue weighted by atomic mass is 79.9. The van der Waals surface area contributed by atoms with Crippen molar-refractivity contribution in [2.45, 2.75) is 26.4 Å². The maximum atomic E-state index is 13.3. The van der Waals surface area contributed by atoms with Crippen LogP contribution in [0.5, 0.6) is 0 Å². The zero-order valence-electron chi connectivity index (χ0n) is 8.90. The summed E-state index contributed by atoms with van der Waals surface area (Å²) in [6.45, 7) is 4.36. The van der Waals surface area contributed by atoms with Crippen molar-refractivity contribution in [3.05, 3.63) is 28.2 Å². The summed E-state index contributed by atoms with van der Waals surface area (Å²) in [4.78, 5) is 11.4. The number of alkyl halides is 1. The van der Waals surface area contributed by atoms with E-state index in [1.807, 2.05) is 19.1 Å². The Morgan fingerprint density at radius 3 is 2.60 bits per heavy atom. The van der Waals surface area contributed by atoms with E-state index in [0.29, 0.717) is 5.69 Å². The lowest BCUT2D eigenvalue weighted by Gasteiger charge is -2.15. The number of amides is 1. The van der Waals surface area contributed by atoms with E-state index in [0.717, 1.165) is 10.0 Å². The second-order valence-electron chi connectivity index (χ2n) is 3.91. The fraction of sp³-hybridized carbons (Fsp3) is 0.364. The lowest BCUT2D eigenvalue weighted by molar-refractivity contribution is -0.125. The van der Waals surface area contributed by atoms with Crippen LogP contribution >= 0.6 is 15.9 Å².